The summed E-state index contributed by atoms with van der Waals surface area (Å²) in [6.07, 6.45) is -0.247. The van der Waals surface area contributed by atoms with E-state index in [2.05, 4.69) is 5.32 Å². The maximum absolute atomic E-state index is 16.1. The number of hydrogen-bond donors (Lipinski definition) is 6. The molecule has 0 aromatic heterocycles. The predicted molar refractivity (Wildman–Crippen MR) is 135 cm³/mol. The van der Waals surface area contributed by atoms with Crippen LogP contribution in [-0.4, -0.2) is 67.4 Å². The van der Waals surface area contributed by atoms with Gasteiger partial charge in [-0.2, -0.15) is 0 Å². The van der Waals surface area contributed by atoms with Crippen LogP contribution in [-0.2, 0) is 32.1 Å². The molecule has 1 fully saturated rings. The van der Waals surface area contributed by atoms with Crippen molar-refractivity contribution < 1.29 is 44.0 Å². The fourth-order valence-electron chi connectivity index (χ4n) is 6.55. The molecule has 3 aliphatic carbocycles. The van der Waals surface area contributed by atoms with Crippen molar-refractivity contribution in [3.63, 3.8) is 0 Å². The number of likely N-dealkylation sites (N-methyl/N-ethyl adjacent to an activating group) is 1. The Labute approximate surface area is 222 Å². The zero-order chi connectivity index (χ0) is 28.7. The van der Waals surface area contributed by atoms with Crippen LogP contribution in [0.3, 0.4) is 0 Å². The largest absolute Gasteiger partial charge is 0.508 e. The van der Waals surface area contributed by atoms with E-state index < -0.39 is 87.5 Å². The summed E-state index contributed by atoms with van der Waals surface area (Å²) in [6, 6.07) is -0.603. The number of phenols is 1. The standard InChI is InChI=1S/C27H30FN3O8/c1-9(2)4-14-26(38)30-20-13(8-31(14)3)19(28)12-6-10-5-11-7-15(32)18(25(29)37)24(36)27(11,39)23(35)16(10)21(33)17(12)22(20)34/h9-11,14,33-34,36,39H,4-8H2,1-3H3,(H2,29,37)(H,30,38)/t10?,11-,14+,27-/m0/s1. The van der Waals surface area contributed by atoms with Crippen molar-refractivity contribution >= 4 is 34.8 Å². The predicted octanol–water partition coefficient (Wildman–Crippen LogP) is 1.36. The number of anilines is 1. The van der Waals surface area contributed by atoms with Gasteiger partial charge in [0.25, 0.3) is 5.91 Å². The highest BCUT2D eigenvalue weighted by Crippen LogP contribution is 2.54. The van der Waals surface area contributed by atoms with Crippen molar-refractivity contribution in [2.75, 3.05) is 12.4 Å². The third-order valence-electron chi connectivity index (χ3n) is 8.45. The molecule has 5 rings (SSSR count). The number of aromatic hydroxyl groups is 1. The molecule has 1 unspecified atom stereocenters. The van der Waals surface area contributed by atoms with E-state index in [4.69, 9.17) is 5.73 Å². The van der Waals surface area contributed by atoms with E-state index in [0.717, 1.165) is 0 Å². The van der Waals surface area contributed by atoms with Crippen molar-refractivity contribution in [2.24, 2.45) is 23.5 Å². The molecule has 39 heavy (non-hydrogen) atoms. The monoisotopic (exact) mass is 543 g/mol. The number of primary amides is 1. The number of halogens is 1. The van der Waals surface area contributed by atoms with Crippen molar-refractivity contribution in [3.05, 3.63) is 39.4 Å². The molecule has 208 valence electrons. The molecular weight excluding hydrogens is 513 g/mol. The van der Waals surface area contributed by atoms with Gasteiger partial charge in [-0.1, -0.05) is 13.8 Å². The molecule has 7 N–H and O–H groups in total. The van der Waals surface area contributed by atoms with Crippen LogP contribution in [0.5, 0.6) is 5.75 Å². The van der Waals surface area contributed by atoms with Crippen molar-refractivity contribution in [1.82, 2.24) is 4.90 Å². The molecular formula is C27H30FN3O8. The lowest BCUT2D eigenvalue weighted by molar-refractivity contribution is -0.147. The van der Waals surface area contributed by atoms with E-state index >= 15 is 4.39 Å². The summed E-state index contributed by atoms with van der Waals surface area (Å²) in [4.78, 5) is 52.6. The third kappa shape index (κ3) is 3.69. The second kappa shape index (κ2) is 8.88. The lowest BCUT2D eigenvalue weighted by atomic mass is 9.59. The zero-order valence-electron chi connectivity index (χ0n) is 21.7. The Morgan fingerprint density at radius 2 is 1.85 bits per heavy atom. The Bertz CT molecular complexity index is 1430. The van der Waals surface area contributed by atoms with Crippen molar-refractivity contribution in [2.45, 2.75) is 57.7 Å². The van der Waals surface area contributed by atoms with Crippen LogP contribution in [0.1, 0.15) is 49.8 Å². The number of ketones is 2. The number of aliphatic hydroxyl groups excluding tert-OH is 2. The van der Waals surface area contributed by atoms with Crippen LogP contribution in [0, 0.1) is 23.6 Å². The number of hydrogen-bond acceptors (Lipinski definition) is 9. The van der Waals surface area contributed by atoms with Gasteiger partial charge >= 0.3 is 0 Å². The van der Waals surface area contributed by atoms with Crippen LogP contribution >= 0.6 is 0 Å². The summed E-state index contributed by atoms with van der Waals surface area (Å²) in [7, 11) is 1.67. The Balaban J connectivity index is 1.67. The smallest absolute Gasteiger partial charge is 0.255 e. The number of carbonyl (C=O) groups excluding carboxylic acids is 4. The quantitative estimate of drug-likeness (QED) is 0.241. The molecule has 4 atom stereocenters. The minimum Gasteiger partial charge on any atom is -0.508 e. The number of amides is 2. The molecule has 4 aliphatic rings. The lowest BCUT2D eigenvalue weighted by Crippen LogP contribution is -2.58. The molecule has 12 heteroatoms. The Morgan fingerprint density at radius 1 is 1.18 bits per heavy atom. The molecule has 0 radical (unpaired) electrons. The number of nitrogens with two attached hydrogens (primary N) is 1. The molecule has 11 nitrogen and oxygen atoms in total. The van der Waals surface area contributed by atoms with Crippen LogP contribution in [0.2, 0.25) is 0 Å². The average molecular weight is 544 g/mol. The molecule has 2 amide bonds. The number of rotatable bonds is 3. The fourth-order valence-corrected chi connectivity index (χ4v) is 6.55. The first-order valence-electron chi connectivity index (χ1n) is 12.7. The topological polar surface area (TPSA) is 190 Å². The summed E-state index contributed by atoms with van der Waals surface area (Å²) < 4.78 is 16.1. The Morgan fingerprint density at radius 3 is 2.46 bits per heavy atom. The summed E-state index contributed by atoms with van der Waals surface area (Å²) in [5, 5.41) is 47.0. The van der Waals surface area contributed by atoms with E-state index in [0.29, 0.717) is 6.42 Å². The number of nitrogens with one attached hydrogen (secondary N) is 1. The van der Waals surface area contributed by atoms with E-state index in [1.807, 2.05) is 13.8 Å². The van der Waals surface area contributed by atoms with Gasteiger partial charge < -0.3 is 31.5 Å². The molecule has 0 saturated heterocycles. The minimum absolute atomic E-state index is 0.00942. The van der Waals surface area contributed by atoms with Gasteiger partial charge in [-0.3, -0.25) is 24.1 Å². The Kier molecular flexibility index (Phi) is 6.11. The third-order valence-corrected chi connectivity index (χ3v) is 8.45. The van der Waals surface area contributed by atoms with Gasteiger partial charge in [0, 0.05) is 35.6 Å². The van der Waals surface area contributed by atoms with Crippen LogP contribution < -0.4 is 11.1 Å². The zero-order valence-corrected chi connectivity index (χ0v) is 21.7. The first-order valence-corrected chi connectivity index (χ1v) is 12.7. The van der Waals surface area contributed by atoms with Gasteiger partial charge in [-0.15, -0.1) is 0 Å². The van der Waals surface area contributed by atoms with Gasteiger partial charge in [-0.05, 0) is 38.1 Å². The molecule has 1 heterocycles. The SMILES string of the molecule is CC(C)C[C@@H]1C(=O)Nc2c(O)c3c(c(F)c2CN1C)CC1C[C@H]2CC(=O)C(C(N)=O)=C(O)[C@@]2(O)C(=O)C1=C3O. The number of aliphatic hydroxyl groups is 3. The van der Waals surface area contributed by atoms with Gasteiger partial charge in [0.05, 0.1) is 17.3 Å². The van der Waals surface area contributed by atoms with E-state index in [-0.39, 0.29) is 47.7 Å². The summed E-state index contributed by atoms with van der Waals surface area (Å²) in [5.41, 5.74) is 0.554. The molecule has 0 bridgehead atoms. The molecule has 1 aromatic rings. The maximum atomic E-state index is 16.1. The molecule has 1 saturated carbocycles. The highest BCUT2D eigenvalue weighted by Gasteiger charge is 2.60. The number of phenolic OH excluding ortho intramolecular Hbond substituents is 1. The second-order valence-corrected chi connectivity index (χ2v) is 11.3. The van der Waals surface area contributed by atoms with Crippen LogP contribution in [0.25, 0.3) is 5.76 Å². The number of fused-ring (bicyclic) bond motifs is 4. The number of benzene rings is 1. The van der Waals surface area contributed by atoms with E-state index in [1.54, 1.807) is 11.9 Å². The normalized spacial score (nSPS) is 29.0. The first-order chi connectivity index (χ1) is 18.2. The maximum Gasteiger partial charge on any atom is 0.255 e. The van der Waals surface area contributed by atoms with Crippen molar-refractivity contribution in [1.29, 1.82) is 0 Å². The highest BCUT2D eigenvalue weighted by molar-refractivity contribution is 6.22. The van der Waals surface area contributed by atoms with Crippen LogP contribution in [0.15, 0.2) is 16.9 Å². The van der Waals surface area contributed by atoms with Gasteiger partial charge in [-0.25, -0.2) is 4.39 Å². The highest BCUT2D eigenvalue weighted by atomic mass is 19.1. The number of nitrogens with zero attached hydrogens (tertiary/aromatic N) is 1. The average Bonchev–Trinajstić information content (AvgIpc) is 2.96. The fraction of sp³-hybridized carbons (Fsp3) is 0.481. The number of carbonyl (C=O) groups is 4. The first kappa shape index (κ1) is 26.8. The summed E-state index contributed by atoms with van der Waals surface area (Å²) >= 11 is 0. The van der Waals surface area contributed by atoms with Gasteiger partial charge in [0.2, 0.25) is 11.7 Å². The lowest BCUT2D eigenvalue weighted by Gasteiger charge is -2.46. The minimum atomic E-state index is -2.71. The molecule has 1 aromatic carbocycles. The van der Waals surface area contributed by atoms with Crippen LogP contribution in [0.4, 0.5) is 10.1 Å². The van der Waals surface area contributed by atoms with E-state index in [9.17, 15) is 39.6 Å². The Hall–Kier alpha value is -3.77. The van der Waals surface area contributed by atoms with Gasteiger partial charge in [0.1, 0.15) is 22.9 Å². The second-order valence-electron chi connectivity index (χ2n) is 11.3. The van der Waals surface area contributed by atoms with Crippen molar-refractivity contribution in [3.8, 4) is 5.75 Å². The molecule has 1 aliphatic heterocycles. The molecule has 0 spiro atoms. The summed E-state index contributed by atoms with van der Waals surface area (Å²) in [5.74, 6) is -9.03. The van der Waals surface area contributed by atoms with Gasteiger partial charge in [0.15, 0.2) is 17.1 Å². The van der Waals surface area contributed by atoms with E-state index in [1.165, 1.54) is 0 Å². The number of Topliss-reactive ketones (excluding diaryl/α,β-unsaturated/α-hetero) is 2. The summed E-state index contributed by atoms with van der Waals surface area (Å²) in [6.45, 7) is 3.87.